The van der Waals surface area contributed by atoms with Crippen LogP contribution in [0.15, 0.2) is 0 Å². The number of hydrogen-bond donors (Lipinski definition) is 1. The van der Waals surface area contributed by atoms with Crippen LogP contribution >= 0.6 is 0 Å². The Balaban J connectivity index is 1.62. The van der Waals surface area contributed by atoms with E-state index in [9.17, 15) is 0 Å². The van der Waals surface area contributed by atoms with E-state index in [1.54, 1.807) is 0 Å². The number of morpholine rings is 1. The Morgan fingerprint density at radius 2 is 1.78 bits per heavy atom. The molecule has 3 aliphatic rings. The van der Waals surface area contributed by atoms with Gasteiger partial charge in [-0.1, -0.05) is 0 Å². The zero-order chi connectivity index (χ0) is 13.0. The lowest BCUT2D eigenvalue weighted by molar-refractivity contribution is -0.182. The summed E-state index contributed by atoms with van der Waals surface area (Å²) in [4.78, 5) is 2.64. The van der Waals surface area contributed by atoms with Gasteiger partial charge in [0.1, 0.15) is 0 Å². The standard InChI is InChI=1S/C15H28N2O/c1-14(2)9-17(10-15(3,4)18-14)8-11-7-12-5-6-13(11)16-12/h11-13,16H,5-10H2,1-4H3. The highest BCUT2D eigenvalue weighted by Gasteiger charge is 2.43. The molecule has 0 aromatic rings. The Morgan fingerprint density at radius 3 is 2.28 bits per heavy atom. The van der Waals surface area contributed by atoms with Crippen molar-refractivity contribution in [2.24, 2.45) is 5.92 Å². The zero-order valence-electron chi connectivity index (χ0n) is 12.3. The van der Waals surface area contributed by atoms with Crippen molar-refractivity contribution in [3.63, 3.8) is 0 Å². The molecule has 18 heavy (non-hydrogen) atoms. The van der Waals surface area contributed by atoms with Crippen LogP contribution in [0, 0.1) is 5.92 Å². The lowest BCUT2D eigenvalue weighted by Crippen LogP contribution is -2.58. The van der Waals surface area contributed by atoms with Crippen LogP contribution in [0.5, 0.6) is 0 Å². The third-order valence-corrected chi connectivity index (χ3v) is 4.69. The van der Waals surface area contributed by atoms with Gasteiger partial charge in [0.15, 0.2) is 0 Å². The van der Waals surface area contributed by atoms with E-state index in [2.05, 4.69) is 37.9 Å². The van der Waals surface area contributed by atoms with Crippen LogP contribution in [0.2, 0.25) is 0 Å². The Labute approximate surface area is 111 Å². The number of rotatable bonds is 2. The molecule has 1 N–H and O–H groups in total. The van der Waals surface area contributed by atoms with Gasteiger partial charge in [-0.15, -0.1) is 0 Å². The summed E-state index contributed by atoms with van der Waals surface area (Å²) < 4.78 is 6.16. The summed E-state index contributed by atoms with van der Waals surface area (Å²) in [6.07, 6.45) is 4.19. The first-order valence-electron chi connectivity index (χ1n) is 7.52. The van der Waals surface area contributed by atoms with Crippen LogP contribution in [0.1, 0.15) is 47.0 Å². The van der Waals surface area contributed by atoms with Crippen LogP contribution < -0.4 is 5.32 Å². The quantitative estimate of drug-likeness (QED) is 0.814. The first-order valence-corrected chi connectivity index (χ1v) is 7.52. The molecule has 3 unspecified atom stereocenters. The van der Waals surface area contributed by atoms with Crippen molar-refractivity contribution in [1.82, 2.24) is 10.2 Å². The van der Waals surface area contributed by atoms with E-state index in [1.807, 2.05) is 0 Å². The van der Waals surface area contributed by atoms with Gasteiger partial charge in [0.2, 0.25) is 0 Å². The molecule has 0 aromatic carbocycles. The average molecular weight is 252 g/mol. The van der Waals surface area contributed by atoms with Gasteiger partial charge in [0.05, 0.1) is 11.2 Å². The molecule has 3 heterocycles. The normalized spacial score (nSPS) is 42.3. The maximum absolute atomic E-state index is 6.16. The van der Waals surface area contributed by atoms with E-state index in [0.29, 0.717) is 0 Å². The van der Waals surface area contributed by atoms with E-state index >= 15 is 0 Å². The largest absolute Gasteiger partial charge is 0.367 e. The molecule has 3 atom stereocenters. The van der Waals surface area contributed by atoms with Crippen molar-refractivity contribution >= 4 is 0 Å². The second kappa shape index (κ2) is 4.19. The first kappa shape index (κ1) is 12.9. The molecule has 3 rings (SSSR count). The molecule has 3 heteroatoms. The Morgan fingerprint density at radius 1 is 1.11 bits per heavy atom. The Bertz CT molecular complexity index is 310. The van der Waals surface area contributed by atoms with Crippen molar-refractivity contribution in [3.05, 3.63) is 0 Å². The summed E-state index contributed by atoms with van der Waals surface area (Å²) in [5.41, 5.74) is -0.0143. The molecule has 2 bridgehead atoms. The molecule has 0 spiro atoms. The molecular formula is C15H28N2O. The maximum Gasteiger partial charge on any atom is 0.0760 e. The minimum absolute atomic E-state index is 0.00715. The van der Waals surface area contributed by atoms with E-state index in [1.165, 1.54) is 25.8 Å². The van der Waals surface area contributed by atoms with Crippen LogP contribution in [0.4, 0.5) is 0 Å². The third kappa shape index (κ3) is 2.59. The van der Waals surface area contributed by atoms with Gasteiger partial charge in [0, 0.05) is 31.7 Å². The van der Waals surface area contributed by atoms with Crippen LogP contribution in [0.25, 0.3) is 0 Å². The highest BCUT2D eigenvalue weighted by Crippen LogP contribution is 2.35. The number of nitrogens with zero attached hydrogens (tertiary/aromatic N) is 1. The van der Waals surface area contributed by atoms with Gasteiger partial charge < -0.3 is 10.1 Å². The number of nitrogens with one attached hydrogen (secondary N) is 1. The second-order valence-electron chi connectivity index (χ2n) is 7.83. The number of ether oxygens (including phenoxy) is 1. The van der Waals surface area contributed by atoms with Gasteiger partial charge in [-0.3, -0.25) is 4.90 Å². The Hall–Kier alpha value is -0.120. The predicted octanol–water partition coefficient (Wildman–Crippen LogP) is 2.02. The van der Waals surface area contributed by atoms with E-state index in [4.69, 9.17) is 4.74 Å². The van der Waals surface area contributed by atoms with Crippen molar-refractivity contribution in [2.75, 3.05) is 19.6 Å². The number of fused-ring (bicyclic) bond motifs is 2. The van der Waals surface area contributed by atoms with E-state index in [-0.39, 0.29) is 11.2 Å². The molecule has 3 fully saturated rings. The minimum atomic E-state index is -0.00715. The lowest BCUT2D eigenvalue weighted by atomic mass is 9.87. The summed E-state index contributed by atoms with van der Waals surface area (Å²) in [6, 6.07) is 1.62. The summed E-state index contributed by atoms with van der Waals surface area (Å²) in [7, 11) is 0. The molecule has 0 saturated carbocycles. The molecule has 0 radical (unpaired) electrons. The molecule has 0 aliphatic carbocycles. The second-order valence-corrected chi connectivity index (χ2v) is 7.83. The fourth-order valence-corrected chi connectivity index (χ4v) is 4.55. The van der Waals surface area contributed by atoms with Gasteiger partial charge in [0.25, 0.3) is 0 Å². The van der Waals surface area contributed by atoms with E-state index < -0.39 is 0 Å². The number of hydrogen-bond acceptors (Lipinski definition) is 3. The molecule has 3 saturated heterocycles. The molecular weight excluding hydrogens is 224 g/mol. The van der Waals surface area contributed by atoms with Crippen LogP contribution in [0.3, 0.4) is 0 Å². The molecule has 104 valence electrons. The predicted molar refractivity (Wildman–Crippen MR) is 73.7 cm³/mol. The summed E-state index contributed by atoms with van der Waals surface area (Å²) in [5, 5.41) is 3.75. The molecule has 3 aliphatic heterocycles. The fourth-order valence-electron chi connectivity index (χ4n) is 4.55. The fraction of sp³-hybridized carbons (Fsp3) is 1.00. The van der Waals surface area contributed by atoms with E-state index in [0.717, 1.165) is 31.1 Å². The van der Waals surface area contributed by atoms with Gasteiger partial charge in [-0.05, 0) is 52.9 Å². The first-order chi connectivity index (χ1) is 8.33. The SMILES string of the molecule is CC1(C)CN(CC2CC3CCC2N3)CC(C)(C)O1. The monoisotopic (exact) mass is 252 g/mol. The highest BCUT2D eigenvalue weighted by atomic mass is 16.5. The Kier molecular flexibility index (Phi) is 3.00. The maximum atomic E-state index is 6.16. The van der Waals surface area contributed by atoms with Gasteiger partial charge in [-0.2, -0.15) is 0 Å². The van der Waals surface area contributed by atoms with Gasteiger partial charge >= 0.3 is 0 Å². The minimum Gasteiger partial charge on any atom is -0.367 e. The third-order valence-electron chi connectivity index (χ3n) is 4.69. The smallest absolute Gasteiger partial charge is 0.0760 e. The molecule has 0 amide bonds. The van der Waals surface area contributed by atoms with Crippen molar-refractivity contribution < 1.29 is 4.74 Å². The van der Waals surface area contributed by atoms with Crippen molar-refractivity contribution in [1.29, 1.82) is 0 Å². The highest BCUT2D eigenvalue weighted by molar-refractivity contribution is 4.99. The van der Waals surface area contributed by atoms with Crippen molar-refractivity contribution in [3.8, 4) is 0 Å². The summed E-state index contributed by atoms with van der Waals surface area (Å²) >= 11 is 0. The van der Waals surface area contributed by atoms with Crippen molar-refractivity contribution in [2.45, 2.75) is 70.2 Å². The van der Waals surface area contributed by atoms with Gasteiger partial charge in [-0.25, -0.2) is 0 Å². The molecule has 3 nitrogen and oxygen atoms in total. The zero-order valence-corrected chi connectivity index (χ0v) is 12.3. The summed E-state index contributed by atoms with van der Waals surface area (Å²) in [5.74, 6) is 0.869. The lowest BCUT2D eigenvalue weighted by Gasteiger charge is -2.48. The summed E-state index contributed by atoms with van der Waals surface area (Å²) in [6.45, 7) is 12.3. The average Bonchev–Trinajstić information content (AvgIpc) is 2.72. The van der Waals surface area contributed by atoms with Crippen LogP contribution in [-0.4, -0.2) is 47.8 Å². The molecule has 0 aromatic heterocycles. The van der Waals surface area contributed by atoms with Crippen LogP contribution in [-0.2, 0) is 4.74 Å². The topological polar surface area (TPSA) is 24.5 Å².